The lowest BCUT2D eigenvalue weighted by Gasteiger charge is -2.19. The maximum absolute atomic E-state index is 12.7. The van der Waals surface area contributed by atoms with Gasteiger partial charge in [-0.05, 0) is 42.8 Å². The molecule has 0 saturated carbocycles. The van der Waals surface area contributed by atoms with Gasteiger partial charge in [-0.2, -0.15) is 13.2 Å². The molecule has 0 aliphatic carbocycles. The maximum atomic E-state index is 12.7. The highest BCUT2D eigenvalue weighted by atomic mass is 19.4. The molecule has 0 bridgehead atoms. The number of nitrogens with zero attached hydrogens (tertiary/aromatic N) is 1. The number of likely N-dealkylation sites (tertiary alicyclic amines) is 1. The van der Waals surface area contributed by atoms with E-state index in [1.54, 1.807) is 19.2 Å². The molecule has 1 aliphatic heterocycles. The number of amides is 2. The van der Waals surface area contributed by atoms with E-state index in [2.05, 4.69) is 5.32 Å². The third-order valence-corrected chi connectivity index (χ3v) is 4.64. The lowest BCUT2D eigenvalue weighted by Crippen LogP contribution is -2.38. The van der Waals surface area contributed by atoms with E-state index in [0.29, 0.717) is 24.3 Å². The van der Waals surface area contributed by atoms with E-state index >= 15 is 0 Å². The van der Waals surface area contributed by atoms with Crippen LogP contribution in [0.2, 0.25) is 0 Å². The standard InChI is InChI=1S/C20H19F3N2O4/c1-25-15(8-10-18(25)26)19(27)24-13-5-9-16(28-2)17(11-13)29-14-6-3-12(4-7-14)20(21,22)23/h3-7,9,11,15H,8,10H2,1-2H3,(H,24,27). The summed E-state index contributed by atoms with van der Waals surface area (Å²) in [7, 11) is 3.00. The molecule has 1 N–H and O–H groups in total. The number of ether oxygens (including phenoxy) is 2. The molecule has 154 valence electrons. The van der Waals surface area contributed by atoms with Crippen LogP contribution in [0.15, 0.2) is 42.5 Å². The zero-order valence-electron chi connectivity index (χ0n) is 15.7. The number of rotatable bonds is 5. The largest absolute Gasteiger partial charge is 0.493 e. The van der Waals surface area contributed by atoms with E-state index in [0.717, 1.165) is 12.1 Å². The molecule has 1 atom stereocenters. The van der Waals surface area contributed by atoms with Gasteiger partial charge in [0.2, 0.25) is 11.8 Å². The Morgan fingerprint density at radius 2 is 1.83 bits per heavy atom. The Labute approximate surface area is 165 Å². The minimum atomic E-state index is -4.44. The van der Waals surface area contributed by atoms with E-state index in [1.807, 2.05) is 0 Å². The molecule has 6 nitrogen and oxygen atoms in total. The second-order valence-electron chi connectivity index (χ2n) is 6.54. The second-order valence-corrected chi connectivity index (χ2v) is 6.54. The van der Waals surface area contributed by atoms with Gasteiger partial charge in [0.25, 0.3) is 0 Å². The van der Waals surface area contributed by atoms with E-state index in [4.69, 9.17) is 9.47 Å². The molecule has 0 aromatic heterocycles. The molecule has 1 heterocycles. The normalized spacial score (nSPS) is 16.7. The van der Waals surface area contributed by atoms with Crippen molar-refractivity contribution in [3.8, 4) is 17.2 Å². The van der Waals surface area contributed by atoms with Crippen molar-refractivity contribution < 1.29 is 32.2 Å². The van der Waals surface area contributed by atoms with Crippen molar-refractivity contribution in [3.05, 3.63) is 48.0 Å². The summed E-state index contributed by atoms with van der Waals surface area (Å²) in [5.74, 6) is 0.327. The first-order valence-electron chi connectivity index (χ1n) is 8.78. The number of likely N-dealkylation sites (N-methyl/N-ethyl adjacent to an activating group) is 1. The number of nitrogens with one attached hydrogen (secondary N) is 1. The van der Waals surface area contributed by atoms with Gasteiger partial charge in [-0.3, -0.25) is 9.59 Å². The van der Waals surface area contributed by atoms with Crippen molar-refractivity contribution in [2.45, 2.75) is 25.1 Å². The van der Waals surface area contributed by atoms with Gasteiger partial charge in [-0.1, -0.05) is 0 Å². The summed E-state index contributed by atoms with van der Waals surface area (Å²) in [5.41, 5.74) is -0.376. The Hall–Kier alpha value is -3.23. The molecule has 0 radical (unpaired) electrons. The van der Waals surface area contributed by atoms with E-state index in [-0.39, 0.29) is 23.3 Å². The van der Waals surface area contributed by atoms with Crippen LogP contribution in [-0.4, -0.2) is 36.9 Å². The van der Waals surface area contributed by atoms with E-state index in [1.165, 1.54) is 30.2 Å². The molecule has 2 aromatic carbocycles. The summed E-state index contributed by atoms with van der Waals surface area (Å²) in [4.78, 5) is 25.5. The van der Waals surface area contributed by atoms with Crippen molar-refractivity contribution >= 4 is 17.5 Å². The van der Waals surface area contributed by atoms with Crippen LogP contribution in [0.1, 0.15) is 18.4 Å². The SMILES string of the molecule is COc1ccc(NC(=O)C2CCC(=O)N2C)cc1Oc1ccc(C(F)(F)F)cc1. The molecule has 0 spiro atoms. The molecule has 2 amide bonds. The van der Waals surface area contributed by atoms with Crippen LogP contribution in [-0.2, 0) is 15.8 Å². The van der Waals surface area contributed by atoms with Gasteiger partial charge in [0.15, 0.2) is 11.5 Å². The zero-order chi connectivity index (χ0) is 21.2. The second kappa shape index (κ2) is 8.02. The van der Waals surface area contributed by atoms with E-state index < -0.39 is 17.8 Å². The quantitative estimate of drug-likeness (QED) is 0.810. The number of hydrogen-bond acceptors (Lipinski definition) is 4. The number of alkyl halides is 3. The van der Waals surface area contributed by atoms with Crippen LogP contribution in [0, 0.1) is 0 Å². The summed E-state index contributed by atoms with van der Waals surface area (Å²) in [5, 5.41) is 2.72. The van der Waals surface area contributed by atoms with Gasteiger partial charge in [0, 0.05) is 25.2 Å². The zero-order valence-corrected chi connectivity index (χ0v) is 15.7. The number of halogens is 3. The van der Waals surface area contributed by atoms with Gasteiger partial charge in [-0.25, -0.2) is 0 Å². The molecule has 2 aromatic rings. The highest BCUT2D eigenvalue weighted by Gasteiger charge is 2.33. The fraction of sp³-hybridized carbons (Fsp3) is 0.300. The lowest BCUT2D eigenvalue weighted by atomic mass is 10.2. The third kappa shape index (κ3) is 4.61. The van der Waals surface area contributed by atoms with Crippen molar-refractivity contribution in [3.63, 3.8) is 0 Å². The van der Waals surface area contributed by atoms with Gasteiger partial charge in [0.05, 0.1) is 12.7 Å². The molecular weight excluding hydrogens is 389 g/mol. The monoisotopic (exact) mass is 408 g/mol. The number of carbonyl (C=O) groups excluding carboxylic acids is 2. The average Bonchev–Trinajstić information content (AvgIpc) is 3.01. The summed E-state index contributed by atoms with van der Waals surface area (Å²) in [6, 6.07) is 8.36. The molecule has 1 unspecified atom stereocenters. The Balaban J connectivity index is 1.77. The molecular formula is C20H19F3N2O4. The Morgan fingerprint density at radius 3 is 2.38 bits per heavy atom. The Bertz CT molecular complexity index is 913. The van der Waals surface area contributed by atoms with E-state index in [9.17, 15) is 22.8 Å². The van der Waals surface area contributed by atoms with Crippen molar-refractivity contribution in [1.82, 2.24) is 4.90 Å². The Kier molecular flexibility index (Phi) is 5.67. The third-order valence-electron chi connectivity index (χ3n) is 4.64. The highest BCUT2D eigenvalue weighted by molar-refractivity contribution is 5.99. The van der Waals surface area contributed by atoms with Gasteiger partial charge >= 0.3 is 6.18 Å². The number of benzene rings is 2. The van der Waals surface area contributed by atoms with Crippen LogP contribution in [0.25, 0.3) is 0 Å². The summed E-state index contributed by atoms with van der Waals surface area (Å²) in [6.07, 6.45) is -3.68. The van der Waals surface area contributed by atoms with Crippen LogP contribution in [0.4, 0.5) is 18.9 Å². The number of hydrogen-bond donors (Lipinski definition) is 1. The lowest BCUT2D eigenvalue weighted by molar-refractivity contribution is -0.137. The van der Waals surface area contributed by atoms with Crippen LogP contribution in [0.5, 0.6) is 17.2 Å². The summed E-state index contributed by atoms with van der Waals surface area (Å²) in [6.45, 7) is 0. The van der Waals surface area contributed by atoms with Gasteiger partial charge in [-0.15, -0.1) is 0 Å². The first-order valence-corrected chi connectivity index (χ1v) is 8.78. The average molecular weight is 408 g/mol. The van der Waals surface area contributed by atoms with Gasteiger partial charge in [0.1, 0.15) is 11.8 Å². The number of anilines is 1. The van der Waals surface area contributed by atoms with Crippen molar-refractivity contribution in [2.75, 3.05) is 19.5 Å². The minimum absolute atomic E-state index is 0.0915. The maximum Gasteiger partial charge on any atom is 0.416 e. The first kappa shape index (κ1) is 20.5. The van der Waals surface area contributed by atoms with Crippen molar-refractivity contribution in [1.29, 1.82) is 0 Å². The molecule has 9 heteroatoms. The summed E-state index contributed by atoms with van der Waals surface area (Å²) >= 11 is 0. The molecule has 29 heavy (non-hydrogen) atoms. The molecule has 1 fully saturated rings. The fourth-order valence-electron chi connectivity index (χ4n) is 3.01. The first-order chi connectivity index (χ1) is 13.7. The predicted molar refractivity (Wildman–Crippen MR) is 98.9 cm³/mol. The topological polar surface area (TPSA) is 67.9 Å². The van der Waals surface area contributed by atoms with Crippen LogP contribution in [0.3, 0.4) is 0 Å². The Morgan fingerprint density at radius 1 is 1.14 bits per heavy atom. The molecule has 3 rings (SSSR count). The minimum Gasteiger partial charge on any atom is -0.493 e. The predicted octanol–water partition coefficient (Wildman–Crippen LogP) is 4.07. The molecule has 1 saturated heterocycles. The van der Waals surface area contributed by atoms with Crippen LogP contribution < -0.4 is 14.8 Å². The number of carbonyl (C=O) groups is 2. The summed E-state index contributed by atoms with van der Waals surface area (Å²) < 4.78 is 48.9. The fourth-order valence-corrected chi connectivity index (χ4v) is 3.01. The highest BCUT2D eigenvalue weighted by Crippen LogP contribution is 2.36. The van der Waals surface area contributed by atoms with Crippen molar-refractivity contribution in [2.24, 2.45) is 0 Å². The van der Waals surface area contributed by atoms with Crippen LogP contribution >= 0.6 is 0 Å². The smallest absolute Gasteiger partial charge is 0.416 e. The molecule has 1 aliphatic rings. The van der Waals surface area contributed by atoms with Gasteiger partial charge < -0.3 is 19.7 Å². The number of methoxy groups -OCH3 is 1.